The van der Waals surface area contributed by atoms with E-state index in [1.54, 1.807) is 24.3 Å². The van der Waals surface area contributed by atoms with E-state index in [4.69, 9.17) is 11.6 Å². The van der Waals surface area contributed by atoms with Crippen molar-refractivity contribution in [1.82, 2.24) is 14.5 Å². The molecule has 3 rings (SSSR count). The summed E-state index contributed by atoms with van der Waals surface area (Å²) < 4.78 is 27.6. The van der Waals surface area contributed by atoms with Gasteiger partial charge in [0.15, 0.2) is 0 Å². The molecular weight excluding hydrogens is 410 g/mol. The third kappa shape index (κ3) is 4.33. The van der Waals surface area contributed by atoms with Crippen LogP contribution in [0.1, 0.15) is 47.0 Å². The number of benzene rings is 1. The smallest absolute Gasteiger partial charge is 0.243 e. The fourth-order valence-corrected chi connectivity index (χ4v) is 5.80. The van der Waals surface area contributed by atoms with Crippen molar-refractivity contribution in [3.05, 3.63) is 29.3 Å². The Morgan fingerprint density at radius 1 is 1.17 bits per heavy atom. The van der Waals surface area contributed by atoms with Crippen LogP contribution in [0.15, 0.2) is 29.2 Å². The molecule has 1 N–H and O–H groups in total. The Bertz CT molecular complexity index is 833. The molecule has 1 aromatic rings. The molecule has 2 fully saturated rings. The van der Waals surface area contributed by atoms with E-state index in [0.29, 0.717) is 43.4 Å². The second-order valence-corrected chi connectivity index (χ2v) is 11.1. The van der Waals surface area contributed by atoms with Gasteiger partial charge >= 0.3 is 0 Å². The maximum absolute atomic E-state index is 13.1. The molecular formula is C21H32ClN3O3S. The number of nitrogens with zero attached hydrogens (tertiary/aromatic N) is 2. The minimum absolute atomic E-state index is 0.148. The molecule has 1 spiro atoms. The molecule has 1 amide bonds. The summed E-state index contributed by atoms with van der Waals surface area (Å²) in [4.78, 5) is 15.4. The molecule has 8 heteroatoms. The van der Waals surface area contributed by atoms with E-state index in [0.717, 1.165) is 6.42 Å². The van der Waals surface area contributed by atoms with Crippen LogP contribution in [0, 0.1) is 11.8 Å². The maximum atomic E-state index is 13.1. The van der Waals surface area contributed by atoms with Gasteiger partial charge in [-0.1, -0.05) is 45.7 Å². The Balaban J connectivity index is 1.80. The van der Waals surface area contributed by atoms with Gasteiger partial charge in [0.2, 0.25) is 15.9 Å². The van der Waals surface area contributed by atoms with Crippen molar-refractivity contribution in [2.75, 3.05) is 19.6 Å². The fourth-order valence-electron chi connectivity index (χ4n) is 4.23. The molecule has 6 nitrogen and oxygen atoms in total. The average molecular weight is 442 g/mol. The van der Waals surface area contributed by atoms with Crippen molar-refractivity contribution < 1.29 is 13.2 Å². The fraction of sp³-hybridized carbons (Fsp3) is 0.667. The van der Waals surface area contributed by atoms with Crippen molar-refractivity contribution in [3.63, 3.8) is 0 Å². The van der Waals surface area contributed by atoms with Crippen LogP contribution >= 0.6 is 11.6 Å². The molecule has 2 aliphatic rings. The van der Waals surface area contributed by atoms with Crippen molar-refractivity contribution in [2.24, 2.45) is 11.8 Å². The molecule has 162 valence electrons. The second kappa shape index (κ2) is 8.53. The minimum Gasteiger partial charge on any atom is -0.323 e. The number of hydrogen-bond donors (Lipinski definition) is 1. The van der Waals surface area contributed by atoms with E-state index in [2.05, 4.69) is 33.0 Å². The van der Waals surface area contributed by atoms with Gasteiger partial charge in [-0.15, -0.1) is 0 Å². The largest absolute Gasteiger partial charge is 0.323 e. The first-order chi connectivity index (χ1) is 13.6. The van der Waals surface area contributed by atoms with E-state index >= 15 is 0 Å². The van der Waals surface area contributed by atoms with Crippen LogP contribution in [0.4, 0.5) is 0 Å². The van der Waals surface area contributed by atoms with Crippen molar-refractivity contribution in [3.8, 4) is 0 Å². The average Bonchev–Trinajstić information content (AvgIpc) is 2.95. The van der Waals surface area contributed by atoms with E-state index in [9.17, 15) is 13.2 Å². The van der Waals surface area contributed by atoms with E-state index in [1.807, 2.05) is 4.90 Å². The number of piperidine rings is 1. The second-order valence-electron chi connectivity index (χ2n) is 8.72. The first kappa shape index (κ1) is 22.5. The standard InChI is InChI=1S/C21H32ClN3O3S/c1-5-16(4)14-25-20(26)19(15(2)3)23-21(25)10-12-24(13-11-21)29(27,28)18-8-6-17(22)7-9-18/h6-9,15-16,19,23H,5,10-14H2,1-4H3/t16-,19+/m0/s1. The third-order valence-corrected chi connectivity index (χ3v) is 8.50. The monoisotopic (exact) mass is 441 g/mol. The van der Waals surface area contributed by atoms with Crippen LogP contribution in [0.3, 0.4) is 0 Å². The Morgan fingerprint density at radius 3 is 2.28 bits per heavy atom. The molecule has 2 aliphatic heterocycles. The number of nitrogens with one attached hydrogen (secondary N) is 1. The molecule has 0 unspecified atom stereocenters. The van der Waals surface area contributed by atoms with Crippen molar-refractivity contribution in [2.45, 2.75) is 63.6 Å². The van der Waals surface area contributed by atoms with Gasteiger partial charge in [-0.3, -0.25) is 10.1 Å². The van der Waals surface area contributed by atoms with Crippen LogP contribution in [0.25, 0.3) is 0 Å². The predicted molar refractivity (Wildman–Crippen MR) is 115 cm³/mol. The summed E-state index contributed by atoms with van der Waals surface area (Å²) >= 11 is 5.90. The Kier molecular flexibility index (Phi) is 6.63. The van der Waals surface area contributed by atoms with Gasteiger partial charge in [0, 0.05) is 24.7 Å². The summed E-state index contributed by atoms with van der Waals surface area (Å²) in [5.41, 5.74) is -0.457. The lowest BCUT2D eigenvalue weighted by Gasteiger charge is -2.45. The molecule has 0 radical (unpaired) electrons. The molecule has 0 aliphatic carbocycles. The van der Waals surface area contributed by atoms with Gasteiger partial charge in [0.25, 0.3) is 0 Å². The molecule has 2 heterocycles. The Hall–Kier alpha value is -1.15. The highest BCUT2D eigenvalue weighted by Gasteiger charge is 2.53. The lowest BCUT2D eigenvalue weighted by molar-refractivity contribution is -0.134. The lowest BCUT2D eigenvalue weighted by atomic mass is 9.95. The molecule has 0 aromatic heterocycles. The molecule has 1 aromatic carbocycles. The SMILES string of the molecule is CC[C@H](C)CN1C(=O)[C@@H](C(C)C)NC12CCN(S(=O)(=O)c1ccc(Cl)cc1)CC2. The highest BCUT2D eigenvalue weighted by atomic mass is 35.5. The summed E-state index contributed by atoms with van der Waals surface area (Å²) in [5, 5.41) is 4.10. The first-order valence-electron chi connectivity index (χ1n) is 10.5. The topological polar surface area (TPSA) is 69.7 Å². The normalized spacial score (nSPS) is 23.9. The summed E-state index contributed by atoms with van der Waals surface area (Å²) in [6.07, 6.45) is 2.18. The summed E-state index contributed by atoms with van der Waals surface area (Å²) in [7, 11) is -3.57. The molecule has 0 saturated carbocycles. The Labute approximate surface area is 179 Å². The summed E-state index contributed by atoms with van der Waals surface area (Å²) in [5.74, 6) is 0.741. The van der Waals surface area contributed by atoms with Crippen LogP contribution in [-0.2, 0) is 14.8 Å². The molecule has 2 saturated heterocycles. The number of halogens is 1. The third-order valence-electron chi connectivity index (χ3n) is 6.33. The number of carbonyl (C=O) groups is 1. The van der Waals surface area contributed by atoms with Gasteiger partial charge < -0.3 is 4.90 Å². The lowest BCUT2D eigenvalue weighted by Crippen LogP contribution is -2.60. The zero-order valence-electron chi connectivity index (χ0n) is 17.7. The number of hydrogen-bond acceptors (Lipinski definition) is 4. The number of carbonyl (C=O) groups excluding carboxylic acids is 1. The van der Waals surface area contributed by atoms with Crippen LogP contribution in [0.5, 0.6) is 0 Å². The zero-order valence-corrected chi connectivity index (χ0v) is 19.3. The van der Waals surface area contributed by atoms with E-state index in [-0.39, 0.29) is 22.8 Å². The number of amides is 1. The van der Waals surface area contributed by atoms with Gasteiger partial charge in [0.1, 0.15) is 0 Å². The quantitative estimate of drug-likeness (QED) is 0.735. The van der Waals surface area contributed by atoms with E-state index < -0.39 is 15.7 Å². The first-order valence-corrected chi connectivity index (χ1v) is 12.3. The summed E-state index contributed by atoms with van der Waals surface area (Å²) in [6, 6.07) is 6.07. The number of rotatable bonds is 6. The maximum Gasteiger partial charge on any atom is 0.243 e. The predicted octanol–water partition coefficient (Wildman–Crippen LogP) is 3.32. The van der Waals surface area contributed by atoms with Gasteiger partial charge in [-0.2, -0.15) is 4.31 Å². The number of sulfonamides is 1. The highest BCUT2D eigenvalue weighted by molar-refractivity contribution is 7.89. The Morgan fingerprint density at radius 2 is 1.76 bits per heavy atom. The van der Waals surface area contributed by atoms with Gasteiger partial charge in [0.05, 0.1) is 16.6 Å². The minimum atomic E-state index is -3.57. The summed E-state index contributed by atoms with van der Waals surface area (Å²) in [6.45, 7) is 9.86. The van der Waals surface area contributed by atoms with Crippen LogP contribution in [-0.4, -0.2) is 54.9 Å². The van der Waals surface area contributed by atoms with E-state index in [1.165, 1.54) is 4.31 Å². The van der Waals surface area contributed by atoms with Crippen LogP contribution < -0.4 is 5.32 Å². The molecule has 0 bridgehead atoms. The van der Waals surface area contributed by atoms with Crippen molar-refractivity contribution >= 4 is 27.5 Å². The van der Waals surface area contributed by atoms with Crippen LogP contribution in [0.2, 0.25) is 5.02 Å². The molecule has 2 atom stereocenters. The van der Waals surface area contributed by atoms with Gasteiger partial charge in [-0.05, 0) is 48.9 Å². The molecule has 29 heavy (non-hydrogen) atoms. The highest BCUT2D eigenvalue weighted by Crippen LogP contribution is 2.36. The van der Waals surface area contributed by atoms with Gasteiger partial charge in [-0.25, -0.2) is 8.42 Å². The van der Waals surface area contributed by atoms with Crippen molar-refractivity contribution in [1.29, 1.82) is 0 Å². The zero-order chi connectivity index (χ0) is 21.4.